The predicted molar refractivity (Wildman–Crippen MR) is 152 cm³/mol. The van der Waals surface area contributed by atoms with Gasteiger partial charge in [0, 0.05) is 16.9 Å². The van der Waals surface area contributed by atoms with Crippen molar-refractivity contribution >= 4 is 35.2 Å². The molecule has 0 saturated heterocycles. The molecule has 0 saturated carbocycles. The van der Waals surface area contributed by atoms with E-state index in [0.29, 0.717) is 33.5 Å². The Morgan fingerprint density at radius 1 is 0.950 bits per heavy atom. The second-order valence-corrected chi connectivity index (χ2v) is 9.57. The van der Waals surface area contributed by atoms with Gasteiger partial charge in [0.2, 0.25) is 5.91 Å². The third-order valence-corrected chi connectivity index (χ3v) is 6.64. The van der Waals surface area contributed by atoms with Crippen LogP contribution in [-0.4, -0.2) is 52.0 Å². The van der Waals surface area contributed by atoms with Gasteiger partial charge in [-0.1, -0.05) is 30.0 Å². The van der Waals surface area contributed by atoms with Crippen molar-refractivity contribution in [3.05, 3.63) is 95.3 Å². The van der Waals surface area contributed by atoms with Crippen LogP contribution in [0.25, 0.3) is 5.69 Å². The number of ether oxygens (including phenoxy) is 2. The van der Waals surface area contributed by atoms with Crippen LogP contribution >= 0.6 is 11.8 Å². The van der Waals surface area contributed by atoms with Gasteiger partial charge in [0.05, 0.1) is 31.6 Å². The molecule has 0 fully saturated rings. The maximum Gasteiger partial charge on any atom is 0.338 e. The Balaban J connectivity index is 1.45. The van der Waals surface area contributed by atoms with Gasteiger partial charge in [-0.25, -0.2) is 4.79 Å². The fourth-order valence-electron chi connectivity index (χ4n) is 3.79. The molecule has 1 aromatic heterocycles. The number of esters is 1. The number of nitrogens with zero attached hydrogens (tertiary/aromatic N) is 3. The van der Waals surface area contributed by atoms with Crippen molar-refractivity contribution < 1.29 is 23.9 Å². The molecule has 0 unspecified atom stereocenters. The van der Waals surface area contributed by atoms with E-state index in [2.05, 4.69) is 20.8 Å². The zero-order valence-electron chi connectivity index (χ0n) is 22.3. The van der Waals surface area contributed by atoms with Crippen molar-refractivity contribution in [2.75, 3.05) is 24.8 Å². The van der Waals surface area contributed by atoms with Gasteiger partial charge >= 0.3 is 5.97 Å². The Morgan fingerprint density at radius 3 is 2.45 bits per heavy atom. The maximum atomic E-state index is 12.8. The number of amides is 2. The van der Waals surface area contributed by atoms with Crippen LogP contribution in [0.5, 0.6) is 5.75 Å². The van der Waals surface area contributed by atoms with Gasteiger partial charge in [-0.2, -0.15) is 0 Å². The van der Waals surface area contributed by atoms with Crippen molar-refractivity contribution in [2.24, 2.45) is 0 Å². The topological polar surface area (TPSA) is 124 Å². The molecule has 0 aliphatic rings. The summed E-state index contributed by atoms with van der Waals surface area (Å²) in [5, 5.41) is 14.8. The van der Waals surface area contributed by atoms with Gasteiger partial charge in [-0.3, -0.25) is 14.2 Å². The van der Waals surface area contributed by atoms with Crippen molar-refractivity contribution in [3.63, 3.8) is 0 Å². The predicted octanol–water partition coefficient (Wildman–Crippen LogP) is 4.42. The van der Waals surface area contributed by atoms with Gasteiger partial charge in [-0.05, 0) is 74.0 Å². The first-order valence-electron chi connectivity index (χ1n) is 12.5. The summed E-state index contributed by atoms with van der Waals surface area (Å²) >= 11 is 1.22. The first-order valence-corrected chi connectivity index (χ1v) is 13.5. The van der Waals surface area contributed by atoms with Crippen LogP contribution in [0.2, 0.25) is 0 Å². The average Bonchev–Trinajstić information content (AvgIpc) is 3.38. The van der Waals surface area contributed by atoms with E-state index in [1.54, 1.807) is 62.6 Å². The summed E-state index contributed by atoms with van der Waals surface area (Å²) in [7, 11) is 1.54. The Morgan fingerprint density at radius 2 is 1.73 bits per heavy atom. The lowest BCUT2D eigenvalue weighted by molar-refractivity contribution is -0.113. The fraction of sp³-hybridized carbons (Fsp3) is 0.207. The summed E-state index contributed by atoms with van der Waals surface area (Å²) < 4.78 is 12.0. The highest BCUT2D eigenvalue weighted by atomic mass is 32.2. The van der Waals surface area contributed by atoms with Crippen LogP contribution in [0.3, 0.4) is 0 Å². The molecule has 40 heavy (non-hydrogen) atoms. The molecule has 4 aromatic rings. The van der Waals surface area contributed by atoms with Crippen LogP contribution in [0.15, 0.2) is 78.0 Å². The van der Waals surface area contributed by atoms with E-state index in [4.69, 9.17) is 9.47 Å². The first kappa shape index (κ1) is 28.4. The van der Waals surface area contributed by atoms with Crippen molar-refractivity contribution in [1.29, 1.82) is 0 Å². The Bertz CT molecular complexity index is 1500. The van der Waals surface area contributed by atoms with E-state index in [-0.39, 0.29) is 30.7 Å². The molecular weight excluding hydrogens is 530 g/mol. The van der Waals surface area contributed by atoms with Gasteiger partial charge in [0.25, 0.3) is 5.91 Å². The number of aryl methyl sites for hydroxylation is 1. The number of rotatable bonds is 11. The largest absolute Gasteiger partial charge is 0.497 e. The van der Waals surface area contributed by atoms with E-state index in [9.17, 15) is 14.4 Å². The molecule has 0 aliphatic carbocycles. The highest BCUT2D eigenvalue weighted by Gasteiger charge is 2.18. The Kier molecular flexibility index (Phi) is 9.53. The van der Waals surface area contributed by atoms with Crippen LogP contribution in [-0.2, 0) is 16.1 Å². The molecule has 0 atom stereocenters. The monoisotopic (exact) mass is 559 g/mol. The number of aromatic nitrogens is 3. The molecule has 0 bridgehead atoms. The molecule has 206 valence electrons. The first-order chi connectivity index (χ1) is 19.4. The Hall–Kier alpha value is -4.64. The molecule has 0 spiro atoms. The summed E-state index contributed by atoms with van der Waals surface area (Å²) in [6, 6.07) is 21.2. The number of nitrogens with one attached hydrogen (secondary N) is 2. The van der Waals surface area contributed by atoms with Crippen molar-refractivity contribution in [1.82, 2.24) is 20.1 Å². The van der Waals surface area contributed by atoms with Crippen molar-refractivity contribution in [3.8, 4) is 11.4 Å². The normalized spacial score (nSPS) is 10.6. The smallest absolute Gasteiger partial charge is 0.338 e. The number of benzene rings is 3. The lowest BCUT2D eigenvalue weighted by Crippen LogP contribution is -2.24. The van der Waals surface area contributed by atoms with E-state index in [0.717, 1.165) is 11.3 Å². The lowest BCUT2D eigenvalue weighted by Gasteiger charge is -2.12. The van der Waals surface area contributed by atoms with Gasteiger partial charge < -0.3 is 20.1 Å². The zero-order valence-corrected chi connectivity index (χ0v) is 23.2. The SMILES string of the molecule is CCOC(=O)c1ccc(NC(=O)CSc2nnc(CNC(=O)c3cccc(OC)c3)n2-c2cccc(C)c2)cc1. The van der Waals surface area contributed by atoms with Crippen LogP contribution in [0, 0.1) is 6.92 Å². The minimum Gasteiger partial charge on any atom is -0.497 e. The minimum absolute atomic E-state index is 0.0692. The van der Waals surface area contributed by atoms with Crippen LogP contribution in [0.4, 0.5) is 5.69 Å². The van der Waals surface area contributed by atoms with E-state index >= 15 is 0 Å². The van der Waals surface area contributed by atoms with E-state index in [1.807, 2.05) is 35.8 Å². The van der Waals surface area contributed by atoms with Crippen LogP contribution in [0.1, 0.15) is 39.0 Å². The second kappa shape index (κ2) is 13.4. The summed E-state index contributed by atoms with van der Waals surface area (Å²) in [6.07, 6.45) is 0. The lowest BCUT2D eigenvalue weighted by atomic mass is 10.2. The number of carbonyl (C=O) groups is 3. The third kappa shape index (κ3) is 7.26. The van der Waals surface area contributed by atoms with Gasteiger partial charge in [0.15, 0.2) is 11.0 Å². The highest BCUT2D eigenvalue weighted by Crippen LogP contribution is 2.23. The number of anilines is 1. The number of carbonyl (C=O) groups excluding carboxylic acids is 3. The second-order valence-electron chi connectivity index (χ2n) is 8.62. The van der Waals surface area contributed by atoms with E-state index < -0.39 is 5.97 Å². The molecule has 10 nitrogen and oxygen atoms in total. The highest BCUT2D eigenvalue weighted by molar-refractivity contribution is 7.99. The van der Waals surface area contributed by atoms with Gasteiger partial charge in [0.1, 0.15) is 5.75 Å². The summed E-state index contributed by atoms with van der Waals surface area (Å²) in [4.78, 5) is 37.3. The van der Waals surface area contributed by atoms with Gasteiger partial charge in [-0.15, -0.1) is 10.2 Å². The molecule has 1 heterocycles. The van der Waals surface area contributed by atoms with E-state index in [1.165, 1.54) is 11.8 Å². The maximum absolute atomic E-state index is 12.8. The number of methoxy groups -OCH3 is 1. The number of thioether (sulfide) groups is 1. The average molecular weight is 560 g/mol. The fourth-order valence-corrected chi connectivity index (χ4v) is 4.56. The molecule has 0 radical (unpaired) electrons. The molecule has 11 heteroatoms. The van der Waals surface area contributed by atoms with Crippen molar-refractivity contribution in [2.45, 2.75) is 25.5 Å². The molecule has 2 N–H and O–H groups in total. The molecule has 3 aromatic carbocycles. The summed E-state index contributed by atoms with van der Waals surface area (Å²) in [5.41, 5.74) is 3.28. The molecule has 4 rings (SSSR count). The third-order valence-electron chi connectivity index (χ3n) is 5.71. The number of hydrogen-bond acceptors (Lipinski definition) is 8. The molecule has 0 aliphatic heterocycles. The zero-order chi connectivity index (χ0) is 28.5. The summed E-state index contributed by atoms with van der Waals surface area (Å²) in [6.45, 7) is 4.13. The minimum atomic E-state index is -0.415. The van der Waals surface area contributed by atoms with Crippen LogP contribution < -0.4 is 15.4 Å². The number of hydrogen-bond donors (Lipinski definition) is 2. The molecule has 2 amide bonds. The molecular formula is C29H29N5O5S. The quantitative estimate of drug-likeness (QED) is 0.204. The standard InChI is InChI=1S/C29H29N5O5S/c1-4-39-28(37)20-11-13-22(14-12-20)31-26(35)18-40-29-33-32-25(34(29)23-9-5-7-19(2)15-23)17-30-27(36)21-8-6-10-24(16-21)38-3/h5-16H,4,17-18H2,1-3H3,(H,30,36)(H,31,35). The summed E-state index contributed by atoms with van der Waals surface area (Å²) in [5.74, 6) is 0.226. The Labute approximate surface area is 236 Å².